The van der Waals surface area contributed by atoms with E-state index in [1.165, 1.54) is 16.4 Å². The number of sulfonamides is 1. The van der Waals surface area contributed by atoms with Crippen molar-refractivity contribution in [3.05, 3.63) is 59.7 Å². The Hall–Kier alpha value is -2.22. The number of benzene rings is 2. The zero-order chi connectivity index (χ0) is 19.6. The van der Waals surface area contributed by atoms with Crippen LogP contribution in [0.25, 0.3) is 0 Å². The molecule has 7 heteroatoms. The first-order valence-corrected chi connectivity index (χ1v) is 10.3. The topological polar surface area (TPSA) is 75.7 Å². The van der Waals surface area contributed by atoms with E-state index in [4.69, 9.17) is 4.74 Å². The molecule has 0 saturated carbocycles. The summed E-state index contributed by atoms with van der Waals surface area (Å²) in [5.41, 5.74) is 1.94. The number of nitrogens with zero attached hydrogens (tertiary/aromatic N) is 1. The molecule has 2 atom stereocenters. The fourth-order valence-electron chi connectivity index (χ4n) is 3.18. The van der Waals surface area contributed by atoms with Crippen molar-refractivity contribution in [3.8, 4) is 0 Å². The minimum absolute atomic E-state index is 0.112. The van der Waals surface area contributed by atoms with Gasteiger partial charge in [-0.15, -0.1) is 0 Å². The average Bonchev–Trinajstić information content (AvgIpc) is 2.63. The van der Waals surface area contributed by atoms with Crippen LogP contribution in [0.5, 0.6) is 0 Å². The Bertz CT molecular complexity index is 933. The molecule has 0 aliphatic carbocycles. The van der Waals surface area contributed by atoms with Crippen molar-refractivity contribution in [2.24, 2.45) is 0 Å². The third kappa shape index (κ3) is 4.37. The van der Waals surface area contributed by atoms with Gasteiger partial charge in [0.15, 0.2) is 0 Å². The van der Waals surface area contributed by atoms with E-state index in [9.17, 15) is 13.2 Å². The molecule has 1 fully saturated rings. The number of anilines is 1. The summed E-state index contributed by atoms with van der Waals surface area (Å²) in [6.45, 7) is 6.20. The molecule has 0 bridgehead atoms. The van der Waals surface area contributed by atoms with E-state index in [0.717, 1.165) is 5.56 Å². The van der Waals surface area contributed by atoms with Crippen molar-refractivity contribution in [2.75, 3.05) is 18.4 Å². The highest BCUT2D eigenvalue weighted by atomic mass is 32.2. The molecule has 0 unspecified atom stereocenters. The molecule has 3 rings (SSSR count). The normalized spacial score (nSPS) is 21.0. The number of carbonyl (C=O) groups excluding carboxylic acids is 1. The molecule has 0 spiro atoms. The molecule has 144 valence electrons. The van der Waals surface area contributed by atoms with Gasteiger partial charge >= 0.3 is 0 Å². The van der Waals surface area contributed by atoms with Gasteiger partial charge in [0.1, 0.15) is 0 Å². The maximum Gasteiger partial charge on any atom is 0.255 e. The summed E-state index contributed by atoms with van der Waals surface area (Å²) in [7, 11) is -3.69. The number of amides is 1. The number of nitrogens with one attached hydrogen (secondary N) is 1. The van der Waals surface area contributed by atoms with Crippen LogP contribution in [0.4, 0.5) is 5.69 Å². The molecule has 6 nitrogen and oxygen atoms in total. The van der Waals surface area contributed by atoms with E-state index in [-0.39, 0.29) is 23.0 Å². The maximum absolute atomic E-state index is 13.0. The average molecular weight is 388 g/mol. The minimum atomic E-state index is -3.69. The van der Waals surface area contributed by atoms with Crippen molar-refractivity contribution in [2.45, 2.75) is 37.9 Å². The van der Waals surface area contributed by atoms with Crippen LogP contribution in [0.3, 0.4) is 0 Å². The Balaban J connectivity index is 1.84. The van der Waals surface area contributed by atoms with Gasteiger partial charge in [-0.2, -0.15) is 4.31 Å². The van der Waals surface area contributed by atoms with Gasteiger partial charge in [0, 0.05) is 24.3 Å². The lowest BCUT2D eigenvalue weighted by Crippen LogP contribution is -2.48. The SMILES string of the molecule is Cc1ccccc1NC(=O)c1cccc(S(=O)(=O)N2C[C@H](C)O[C@@H](C)C2)c1. The van der Waals surface area contributed by atoms with E-state index in [1.807, 2.05) is 45.0 Å². The summed E-state index contributed by atoms with van der Waals surface area (Å²) in [5.74, 6) is -0.343. The Morgan fingerprint density at radius 2 is 1.74 bits per heavy atom. The Morgan fingerprint density at radius 1 is 1.07 bits per heavy atom. The first kappa shape index (κ1) is 19.5. The molecule has 27 heavy (non-hydrogen) atoms. The second-order valence-corrected chi connectivity index (χ2v) is 8.81. The number of aryl methyl sites for hydroxylation is 1. The highest BCUT2D eigenvalue weighted by molar-refractivity contribution is 7.89. The zero-order valence-electron chi connectivity index (χ0n) is 15.7. The summed E-state index contributed by atoms with van der Waals surface area (Å²) in [4.78, 5) is 12.7. The summed E-state index contributed by atoms with van der Waals surface area (Å²) >= 11 is 0. The second kappa shape index (κ2) is 7.80. The first-order valence-electron chi connectivity index (χ1n) is 8.90. The lowest BCUT2D eigenvalue weighted by Gasteiger charge is -2.34. The molecule has 1 amide bonds. The van der Waals surface area contributed by atoms with E-state index in [1.54, 1.807) is 12.1 Å². The van der Waals surface area contributed by atoms with Gasteiger partial charge in [-0.1, -0.05) is 24.3 Å². The number of hydrogen-bond donors (Lipinski definition) is 1. The van der Waals surface area contributed by atoms with Gasteiger partial charge in [0.2, 0.25) is 10.0 Å². The maximum atomic E-state index is 13.0. The predicted octanol–water partition coefficient (Wildman–Crippen LogP) is 3.05. The summed E-state index contributed by atoms with van der Waals surface area (Å²) in [6, 6.07) is 13.6. The van der Waals surface area contributed by atoms with Crippen LogP contribution in [-0.4, -0.2) is 43.9 Å². The zero-order valence-corrected chi connectivity index (χ0v) is 16.5. The Kier molecular flexibility index (Phi) is 5.64. The summed E-state index contributed by atoms with van der Waals surface area (Å²) in [6.07, 6.45) is -0.341. The van der Waals surface area contributed by atoms with Gasteiger partial charge in [0.05, 0.1) is 17.1 Å². The predicted molar refractivity (Wildman–Crippen MR) is 104 cm³/mol. The molecule has 1 heterocycles. The molecule has 0 aromatic heterocycles. The van der Waals surface area contributed by atoms with Gasteiger partial charge in [-0.3, -0.25) is 4.79 Å². The van der Waals surface area contributed by atoms with Crippen LogP contribution in [-0.2, 0) is 14.8 Å². The van der Waals surface area contributed by atoms with Crippen molar-refractivity contribution in [3.63, 3.8) is 0 Å². The molecule has 2 aromatic rings. The van der Waals surface area contributed by atoms with Gasteiger partial charge in [-0.05, 0) is 50.6 Å². The highest BCUT2D eigenvalue weighted by Crippen LogP contribution is 2.22. The third-order valence-corrected chi connectivity index (χ3v) is 6.34. The van der Waals surface area contributed by atoms with Gasteiger partial charge in [0.25, 0.3) is 5.91 Å². The van der Waals surface area contributed by atoms with Crippen LogP contribution in [0, 0.1) is 6.92 Å². The number of rotatable bonds is 4. The smallest absolute Gasteiger partial charge is 0.255 e. The standard InChI is InChI=1S/C20H24N2O4S/c1-14-7-4-5-10-19(14)21-20(23)17-8-6-9-18(11-17)27(24,25)22-12-15(2)26-16(3)13-22/h4-11,15-16H,12-13H2,1-3H3,(H,21,23)/t15-,16-/m0/s1. The summed E-state index contributed by atoms with van der Waals surface area (Å²) < 4.78 is 33.0. The Labute approximate surface area is 160 Å². The molecule has 2 aromatic carbocycles. The quantitative estimate of drug-likeness (QED) is 0.873. The van der Waals surface area contributed by atoms with E-state index in [0.29, 0.717) is 24.3 Å². The van der Waals surface area contributed by atoms with Crippen LogP contribution < -0.4 is 5.32 Å². The molecule has 1 N–H and O–H groups in total. The Morgan fingerprint density at radius 3 is 2.41 bits per heavy atom. The molecule has 1 aliphatic rings. The van der Waals surface area contributed by atoms with Gasteiger partial charge < -0.3 is 10.1 Å². The van der Waals surface area contributed by atoms with Crippen LogP contribution in [0.1, 0.15) is 29.8 Å². The number of ether oxygens (including phenoxy) is 1. The molecule has 0 radical (unpaired) electrons. The van der Waals surface area contributed by atoms with Crippen molar-refractivity contribution >= 4 is 21.6 Å². The minimum Gasteiger partial charge on any atom is -0.373 e. The largest absolute Gasteiger partial charge is 0.373 e. The first-order chi connectivity index (χ1) is 12.8. The number of carbonyl (C=O) groups is 1. The molecular weight excluding hydrogens is 364 g/mol. The highest BCUT2D eigenvalue weighted by Gasteiger charge is 2.32. The number of morpholine rings is 1. The second-order valence-electron chi connectivity index (χ2n) is 6.88. The van der Waals surface area contributed by atoms with Gasteiger partial charge in [-0.25, -0.2) is 8.42 Å². The van der Waals surface area contributed by atoms with Crippen LogP contribution >= 0.6 is 0 Å². The van der Waals surface area contributed by atoms with E-state index >= 15 is 0 Å². The van der Waals surface area contributed by atoms with Crippen LogP contribution in [0.2, 0.25) is 0 Å². The lowest BCUT2D eigenvalue weighted by molar-refractivity contribution is -0.0440. The molecular formula is C20H24N2O4S. The number of hydrogen-bond acceptors (Lipinski definition) is 4. The van der Waals surface area contributed by atoms with Crippen molar-refractivity contribution < 1.29 is 17.9 Å². The number of para-hydroxylation sites is 1. The van der Waals surface area contributed by atoms with E-state index < -0.39 is 10.0 Å². The van der Waals surface area contributed by atoms with Crippen molar-refractivity contribution in [1.82, 2.24) is 4.31 Å². The molecule has 1 aliphatic heterocycles. The van der Waals surface area contributed by atoms with Crippen molar-refractivity contribution in [1.29, 1.82) is 0 Å². The third-order valence-electron chi connectivity index (χ3n) is 4.51. The fraction of sp³-hybridized carbons (Fsp3) is 0.350. The van der Waals surface area contributed by atoms with Crippen LogP contribution in [0.15, 0.2) is 53.4 Å². The summed E-state index contributed by atoms with van der Waals surface area (Å²) in [5, 5.41) is 2.83. The monoisotopic (exact) mass is 388 g/mol. The lowest BCUT2D eigenvalue weighted by atomic mass is 10.1. The van der Waals surface area contributed by atoms with E-state index in [2.05, 4.69) is 5.32 Å². The fourth-order valence-corrected chi connectivity index (χ4v) is 4.82. The molecule has 1 saturated heterocycles.